The van der Waals surface area contributed by atoms with Crippen LogP contribution < -0.4 is 5.32 Å². The van der Waals surface area contributed by atoms with Crippen LogP contribution in [0.25, 0.3) is 10.9 Å². The predicted molar refractivity (Wildman–Crippen MR) is 133 cm³/mol. The standard InChI is InChI=1S/C28H22F4N4O/c1-16-17(2)36(13-18-6-4-3-5-7-18)25-9-8-19(10-21(16)25)28(37)34-20-12-33-35(14-20)15-22-23(29)11-24(30)27(32)26(22)31/h3-12,14H,13,15H2,1-2H3,(H,34,37). The van der Waals surface area contributed by atoms with Crippen molar-refractivity contribution in [2.45, 2.75) is 26.9 Å². The number of benzene rings is 3. The molecule has 3 aromatic carbocycles. The van der Waals surface area contributed by atoms with Gasteiger partial charge in [-0.05, 0) is 43.2 Å². The molecule has 0 fully saturated rings. The molecule has 1 amide bonds. The van der Waals surface area contributed by atoms with Gasteiger partial charge in [-0.3, -0.25) is 9.48 Å². The summed E-state index contributed by atoms with van der Waals surface area (Å²) in [5, 5.41) is 7.63. The molecule has 5 nitrogen and oxygen atoms in total. The molecule has 0 atom stereocenters. The van der Waals surface area contributed by atoms with Gasteiger partial charge in [-0.25, -0.2) is 17.6 Å². The first-order chi connectivity index (χ1) is 17.7. The van der Waals surface area contributed by atoms with Crippen molar-refractivity contribution >= 4 is 22.5 Å². The van der Waals surface area contributed by atoms with Crippen LogP contribution in [0.15, 0.2) is 67.0 Å². The second-order valence-corrected chi connectivity index (χ2v) is 8.84. The molecule has 5 aromatic rings. The van der Waals surface area contributed by atoms with E-state index >= 15 is 0 Å². The molecule has 9 heteroatoms. The lowest BCUT2D eigenvalue weighted by atomic mass is 10.1. The highest BCUT2D eigenvalue weighted by atomic mass is 19.2. The highest BCUT2D eigenvalue weighted by molar-refractivity contribution is 6.06. The first kappa shape index (κ1) is 24.3. The summed E-state index contributed by atoms with van der Waals surface area (Å²) in [6.07, 6.45) is 2.65. The molecule has 0 aliphatic carbocycles. The molecule has 1 N–H and O–H groups in total. The molecule has 2 aromatic heterocycles. The average molecular weight is 507 g/mol. The zero-order chi connectivity index (χ0) is 26.3. The fraction of sp³-hybridized carbons (Fsp3) is 0.143. The Morgan fingerprint density at radius 2 is 1.68 bits per heavy atom. The summed E-state index contributed by atoms with van der Waals surface area (Å²) in [6.45, 7) is 4.29. The number of aromatic nitrogens is 3. The third kappa shape index (κ3) is 4.60. The quantitative estimate of drug-likeness (QED) is 0.166. The molecule has 0 aliphatic heterocycles. The Kier molecular flexibility index (Phi) is 6.29. The van der Waals surface area contributed by atoms with Gasteiger partial charge in [0.15, 0.2) is 17.5 Å². The van der Waals surface area contributed by atoms with Crippen LogP contribution in [0.3, 0.4) is 0 Å². The number of carbonyl (C=O) groups is 1. The van der Waals surface area contributed by atoms with E-state index in [1.54, 1.807) is 6.07 Å². The van der Waals surface area contributed by atoms with Crippen molar-refractivity contribution in [3.8, 4) is 0 Å². The van der Waals surface area contributed by atoms with Gasteiger partial charge in [0.25, 0.3) is 5.91 Å². The fourth-order valence-electron chi connectivity index (χ4n) is 4.39. The van der Waals surface area contributed by atoms with Crippen LogP contribution in [0.2, 0.25) is 0 Å². The van der Waals surface area contributed by atoms with Crippen LogP contribution in [-0.4, -0.2) is 20.3 Å². The molecule has 0 aliphatic rings. The molecule has 0 saturated heterocycles. The normalized spacial score (nSPS) is 11.3. The SMILES string of the molecule is Cc1c(C)n(Cc2ccccc2)c2ccc(C(=O)Nc3cnn(Cc4c(F)cc(F)c(F)c4F)c3)cc12. The highest BCUT2D eigenvalue weighted by Gasteiger charge is 2.20. The zero-order valence-electron chi connectivity index (χ0n) is 20.0. The van der Waals surface area contributed by atoms with Crippen molar-refractivity contribution in [1.29, 1.82) is 0 Å². The average Bonchev–Trinajstić information content (AvgIpc) is 3.43. The van der Waals surface area contributed by atoms with Crippen LogP contribution in [0.1, 0.15) is 32.7 Å². The summed E-state index contributed by atoms with van der Waals surface area (Å²) in [4.78, 5) is 12.9. The summed E-state index contributed by atoms with van der Waals surface area (Å²) in [7, 11) is 0. The third-order valence-electron chi connectivity index (χ3n) is 6.50. The van der Waals surface area contributed by atoms with E-state index in [9.17, 15) is 22.4 Å². The third-order valence-corrected chi connectivity index (χ3v) is 6.50. The van der Waals surface area contributed by atoms with Crippen LogP contribution in [0.5, 0.6) is 0 Å². The van der Waals surface area contributed by atoms with Crippen molar-refractivity contribution in [1.82, 2.24) is 14.3 Å². The zero-order valence-corrected chi connectivity index (χ0v) is 20.0. The molecular weight excluding hydrogens is 484 g/mol. The van der Waals surface area contributed by atoms with Gasteiger partial charge in [0, 0.05) is 46.5 Å². The minimum atomic E-state index is -1.75. The maximum Gasteiger partial charge on any atom is 0.255 e. The second kappa shape index (κ2) is 9.57. The van der Waals surface area contributed by atoms with E-state index in [4.69, 9.17) is 0 Å². The molecule has 0 saturated carbocycles. The number of nitrogens with zero attached hydrogens (tertiary/aromatic N) is 3. The Morgan fingerprint density at radius 3 is 2.43 bits per heavy atom. The molecule has 0 bridgehead atoms. The second-order valence-electron chi connectivity index (χ2n) is 8.84. The van der Waals surface area contributed by atoms with E-state index in [-0.39, 0.29) is 17.7 Å². The van der Waals surface area contributed by atoms with Crippen LogP contribution in [0.4, 0.5) is 23.2 Å². The van der Waals surface area contributed by atoms with Gasteiger partial charge in [-0.2, -0.15) is 5.10 Å². The molecule has 37 heavy (non-hydrogen) atoms. The van der Waals surface area contributed by atoms with Crippen molar-refractivity contribution in [3.63, 3.8) is 0 Å². The topological polar surface area (TPSA) is 51.9 Å². The number of anilines is 1. The smallest absolute Gasteiger partial charge is 0.255 e. The van der Waals surface area contributed by atoms with E-state index in [0.29, 0.717) is 12.1 Å². The van der Waals surface area contributed by atoms with E-state index in [0.717, 1.165) is 26.8 Å². The van der Waals surface area contributed by atoms with E-state index < -0.39 is 35.4 Å². The number of rotatable bonds is 6. The van der Waals surface area contributed by atoms with Crippen molar-refractivity contribution in [3.05, 3.63) is 118 Å². The van der Waals surface area contributed by atoms with Gasteiger partial charge in [-0.15, -0.1) is 0 Å². The van der Waals surface area contributed by atoms with Gasteiger partial charge >= 0.3 is 0 Å². The van der Waals surface area contributed by atoms with Crippen LogP contribution in [-0.2, 0) is 13.1 Å². The molecule has 188 valence electrons. The van der Waals surface area contributed by atoms with Crippen LogP contribution >= 0.6 is 0 Å². The maximum atomic E-state index is 14.0. The molecule has 5 rings (SSSR count). The minimum Gasteiger partial charge on any atom is -0.340 e. The fourth-order valence-corrected chi connectivity index (χ4v) is 4.39. The summed E-state index contributed by atoms with van der Waals surface area (Å²) in [5.74, 6) is -6.59. The van der Waals surface area contributed by atoms with Gasteiger partial charge in [0.1, 0.15) is 5.82 Å². The Morgan fingerprint density at radius 1 is 0.919 bits per heavy atom. The maximum absolute atomic E-state index is 14.0. The molecular formula is C28H22F4N4O. The summed E-state index contributed by atoms with van der Waals surface area (Å²) in [6, 6.07) is 15.9. The number of carbonyl (C=O) groups excluding carboxylic acids is 1. The Hall–Kier alpha value is -4.40. The van der Waals surface area contributed by atoms with E-state index in [2.05, 4.69) is 27.1 Å². The van der Waals surface area contributed by atoms with Gasteiger partial charge in [0.05, 0.1) is 18.4 Å². The van der Waals surface area contributed by atoms with Gasteiger partial charge < -0.3 is 9.88 Å². The van der Waals surface area contributed by atoms with Gasteiger partial charge in [0.2, 0.25) is 0 Å². The number of fused-ring (bicyclic) bond motifs is 1. The van der Waals surface area contributed by atoms with E-state index in [1.807, 2.05) is 44.2 Å². The molecule has 0 unspecified atom stereocenters. The molecule has 0 radical (unpaired) electrons. The lowest BCUT2D eigenvalue weighted by Crippen LogP contribution is -2.11. The summed E-state index contributed by atoms with van der Waals surface area (Å²) >= 11 is 0. The summed E-state index contributed by atoms with van der Waals surface area (Å²) < 4.78 is 58.0. The van der Waals surface area contributed by atoms with Crippen molar-refractivity contribution in [2.24, 2.45) is 0 Å². The number of hydrogen-bond donors (Lipinski definition) is 1. The minimum absolute atomic E-state index is 0.281. The van der Waals surface area contributed by atoms with Crippen molar-refractivity contribution in [2.75, 3.05) is 5.32 Å². The van der Waals surface area contributed by atoms with Gasteiger partial charge in [-0.1, -0.05) is 30.3 Å². The Balaban J connectivity index is 1.35. The summed E-state index contributed by atoms with van der Waals surface area (Å²) in [5.41, 5.74) is 4.40. The number of aryl methyl sites for hydroxylation is 1. The Bertz CT molecular complexity index is 1640. The lowest BCUT2D eigenvalue weighted by Gasteiger charge is -2.09. The Labute approximate surface area is 210 Å². The predicted octanol–water partition coefficient (Wildman–Crippen LogP) is 6.36. The number of hydrogen-bond acceptors (Lipinski definition) is 2. The molecule has 2 heterocycles. The van der Waals surface area contributed by atoms with Crippen LogP contribution in [0, 0.1) is 37.1 Å². The lowest BCUT2D eigenvalue weighted by molar-refractivity contribution is 0.102. The van der Waals surface area contributed by atoms with Crippen molar-refractivity contribution < 1.29 is 22.4 Å². The largest absolute Gasteiger partial charge is 0.340 e. The number of amides is 1. The highest BCUT2D eigenvalue weighted by Crippen LogP contribution is 2.28. The van der Waals surface area contributed by atoms with E-state index in [1.165, 1.54) is 18.0 Å². The number of halogens is 4. The molecule has 0 spiro atoms. The first-order valence-corrected chi connectivity index (χ1v) is 11.5. The number of nitrogens with one attached hydrogen (secondary N) is 1. The monoisotopic (exact) mass is 506 g/mol. The first-order valence-electron chi connectivity index (χ1n) is 11.5.